The molecule has 1 heterocycles. The van der Waals surface area contributed by atoms with Crippen LogP contribution in [0.15, 0.2) is 36.7 Å². The lowest BCUT2D eigenvalue weighted by Crippen LogP contribution is -2.31. The first kappa shape index (κ1) is 17.0. The van der Waals surface area contributed by atoms with Gasteiger partial charge in [-0.15, -0.1) is 11.6 Å². The molecule has 2 rings (SSSR count). The molecule has 6 nitrogen and oxygen atoms in total. The summed E-state index contributed by atoms with van der Waals surface area (Å²) in [6.07, 6.45) is 3.75. The van der Waals surface area contributed by atoms with Crippen LogP contribution in [0.3, 0.4) is 0 Å². The number of carbonyl (C=O) groups is 2. The number of imidazole rings is 1. The molecule has 0 fully saturated rings. The fourth-order valence-corrected chi connectivity index (χ4v) is 2.41. The van der Waals surface area contributed by atoms with Crippen molar-refractivity contribution in [3.8, 4) is 0 Å². The van der Waals surface area contributed by atoms with E-state index < -0.39 is 0 Å². The Kier molecular flexibility index (Phi) is 5.76. The Morgan fingerprint density at radius 3 is 2.52 bits per heavy atom. The average Bonchev–Trinajstić information content (AvgIpc) is 2.91. The van der Waals surface area contributed by atoms with Crippen LogP contribution in [0.4, 0.5) is 5.69 Å². The van der Waals surface area contributed by atoms with Gasteiger partial charge in [-0.1, -0.05) is 12.1 Å². The Bertz CT molecular complexity index is 682. The quantitative estimate of drug-likeness (QED) is 0.795. The van der Waals surface area contributed by atoms with Gasteiger partial charge in [0.15, 0.2) is 0 Å². The summed E-state index contributed by atoms with van der Waals surface area (Å²) in [5, 5.41) is 5.66. The summed E-state index contributed by atoms with van der Waals surface area (Å²) in [6, 6.07) is 6.91. The SMILES string of the molecule is CC(=O)Nc1ccc(C(NC(=O)CCCl)c2nccn2C)cc1. The van der Waals surface area contributed by atoms with E-state index in [0.717, 1.165) is 11.4 Å². The number of hydrogen-bond acceptors (Lipinski definition) is 3. The number of hydrogen-bond donors (Lipinski definition) is 2. The van der Waals surface area contributed by atoms with Crippen LogP contribution < -0.4 is 10.6 Å². The van der Waals surface area contributed by atoms with Gasteiger partial charge in [0.1, 0.15) is 11.9 Å². The predicted molar refractivity (Wildman–Crippen MR) is 89.3 cm³/mol. The maximum atomic E-state index is 12.0. The van der Waals surface area contributed by atoms with Crippen molar-refractivity contribution in [3.05, 3.63) is 48.0 Å². The maximum absolute atomic E-state index is 12.0. The van der Waals surface area contributed by atoms with Crippen molar-refractivity contribution in [1.29, 1.82) is 0 Å². The van der Waals surface area contributed by atoms with Crippen molar-refractivity contribution in [2.45, 2.75) is 19.4 Å². The zero-order chi connectivity index (χ0) is 16.8. The zero-order valence-corrected chi connectivity index (χ0v) is 13.8. The molecule has 23 heavy (non-hydrogen) atoms. The third kappa shape index (κ3) is 4.56. The number of aryl methyl sites for hydroxylation is 1. The first-order chi connectivity index (χ1) is 11.0. The molecule has 1 atom stereocenters. The lowest BCUT2D eigenvalue weighted by molar-refractivity contribution is -0.121. The number of nitrogens with one attached hydrogen (secondary N) is 2. The highest BCUT2D eigenvalue weighted by molar-refractivity contribution is 6.18. The minimum Gasteiger partial charge on any atom is -0.342 e. The molecule has 0 radical (unpaired) electrons. The number of halogens is 1. The van der Waals surface area contributed by atoms with Gasteiger partial charge in [-0.3, -0.25) is 9.59 Å². The van der Waals surface area contributed by atoms with Gasteiger partial charge in [0.2, 0.25) is 11.8 Å². The van der Waals surface area contributed by atoms with Crippen molar-refractivity contribution in [1.82, 2.24) is 14.9 Å². The van der Waals surface area contributed by atoms with Gasteiger partial charge in [0, 0.05) is 44.4 Å². The minimum absolute atomic E-state index is 0.131. The molecule has 0 aliphatic rings. The summed E-state index contributed by atoms with van der Waals surface area (Å²) >= 11 is 5.63. The van der Waals surface area contributed by atoms with Crippen LogP contribution in [0.2, 0.25) is 0 Å². The third-order valence-corrected chi connectivity index (χ3v) is 3.50. The molecule has 2 N–H and O–H groups in total. The molecule has 0 bridgehead atoms. The van der Waals surface area contributed by atoms with Gasteiger partial charge in [0.25, 0.3) is 0 Å². The molecule has 0 saturated carbocycles. The molecule has 0 saturated heterocycles. The first-order valence-electron chi connectivity index (χ1n) is 7.21. The van der Waals surface area contributed by atoms with E-state index in [4.69, 9.17) is 11.6 Å². The lowest BCUT2D eigenvalue weighted by atomic mass is 10.1. The van der Waals surface area contributed by atoms with Crippen LogP contribution in [-0.4, -0.2) is 27.2 Å². The van der Waals surface area contributed by atoms with E-state index in [1.54, 1.807) is 18.3 Å². The smallest absolute Gasteiger partial charge is 0.222 e. The van der Waals surface area contributed by atoms with Crippen molar-refractivity contribution in [3.63, 3.8) is 0 Å². The monoisotopic (exact) mass is 334 g/mol. The molecule has 2 aromatic rings. The highest BCUT2D eigenvalue weighted by Gasteiger charge is 2.20. The molecular formula is C16H19ClN4O2. The highest BCUT2D eigenvalue weighted by Crippen LogP contribution is 2.22. The summed E-state index contributed by atoms with van der Waals surface area (Å²) < 4.78 is 1.85. The Morgan fingerprint density at radius 1 is 1.30 bits per heavy atom. The third-order valence-electron chi connectivity index (χ3n) is 3.31. The largest absolute Gasteiger partial charge is 0.342 e. The molecule has 1 unspecified atom stereocenters. The summed E-state index contributed by atoms with van der Waals surface area (Å²) in [5.74, 6) is 0.716. The van der Waals surface area contributed by atoms with Crippen molar-refractivity contribution in [2.24, 2.45) is 7.05 Å². The number of rotatable bonds is 6. The average molecular weight is 335 g/mol. The van der Waals surface area contributed by atoms with Crippen LogP contribution in [0.1, 0.15) is 30.8 Å². The van der Waals surface area contributed by atoms with Crippen molar-refractivity contribution < 1.29 is 9.59 Å². The number of benzene rings is 1. The Hall–Kier alpha value is -2.34. The lowest BCUT2D eigenvalue weighted by Gasteiger charge is -2.19. The standard InChI is InChI=1S/C16H19ClN4O2/c1-11(22)19-13-5-3-12(4-6-13)15(20-14(23)7-8-17)16-18-9-10-21(16)2/h3-6,9-10,15H,7-8H2,1-2H3,(H,19,22)(H,20,23). The zero-order valence-electron chi connectivity index (χ0n) is 13.0. The van der Waals surface area contributed by atoms with E-state index in [-0.39, 0.29) is 30.2 Å². The molecular weight excluding hydrogens is 316 g/mol. The number of nitrogens with zero attached hydrogens (tertiary/aromatic N) is 2. The Morgan fingerprint density at radius 2 is 2.00 bits per heavy atom. The van der Waals surface area contributed by atoms with E-state index in [0.29, 0.717) is 5.69 Å². The number of anilines is 1. The number of aromatic nitrogens is 2. The van der Waals surface area contributed by atoms with E-state index in [9.17, 15) is 9.59 Å². The fourth-order valence-electron chi connectivity index (χ4n) is 2.23. The molecule has 1 aromatic heterocycles. The second-order valence-corrected chi connectivity index (χ2v) is 5.52. The normalized spacial score (nSPS) is 11.8. The number of carbonyl (C=O) groups excluding carboxylic acids is 2. The maximum Gasteiger partial charge on any atom is 0.222 e. The number of amides is 2. The van der Waals surface area contributed by atoms with E-state index in [2.05, 4.69) is 15.6 Å². The van der Waals surface area contributed by atoms with E-state index >= 15 is 0 Å². The van der Waals surface area contributed by atoms with Gasteiger partial charge in [-0.25, -0.2) is 4.98 Å². The van der Waals surface area contributed by atoms with Gasteiger partial charge in [-0.05, 0) is 17.7 Å². The summed E-state index contributed by atoms with van der Waals surface area (Å²) in [4.78, 5) is 27.4. The highest BCUT2D eigenvalue weighted by atomic mass is 35.5. The summed E-state index contributed by atoms with van der Waals surface area (Å²) in [7, 11) is 1.87. The molecule has 0 spiro atoms. The van der Waals surface area contributed by atoms with Gasteiger partial charge in [-0.2, -0.15) is 0 Å². The van der Waals surface area contributed by atoms with Crippen molar-refractivity contribution in [2.75, 3.05) is 11.2 Å². The van der Waals surface area contributed by atoms with Gasteiger partial charge < -0.3 is 15.2 Å². The first-order valence-corrected chi connectivity index (χ1v) is 7.75. The van der Waals surface area contributed by atoms with Gasteiger partial charge in [0.05, 0.1) is 0 Å². The van der Waals surface area contributed by atoms with Crippen LogP contribution in [-0.2, 0) is 16.6 Å². The summed E-state index contributed by atoms with van der Waals surface area (Å²) in [6.45, 7) is 1.46. The van der Waals surface area contributed by atoms with Crippen LogP contribution in [0.25, 0.3) is 0 Å². The summed E-state index contributed by atoms with van der Waals surface area (Å²) in [5.41, 5.74) is 1.57. The van der Waals surface area contributed by atoms with Crippen LogP contribution in [0, 0.1) is 0 Å². The van der Waals surface area contributed by atoms with Crippen LogP contribution >= 0.6 is 11.6 Å². The van der Waals surface area contributed by atoms with E-state index in [1.165, 1.54) is 6.92 Å². The van der Waals surface area contributed by atoms with Crippen molar-refractivity contribution >= 4 is 29.1 Å². The molecule has 2 amide bonds. The fraction of sp³-hybridized carbons (Fsp3) is 0.312. The molecule has 7 heteroatoms. The second-order valence-electron chi connectivity index (χ2n) is 5.14. The topological polar surface area (TPSA) is 76.0 Å². The molecule has 1 aromatic carbocycles. The Balaban J connectivity index is 2.28. The van der Waals surface area contributed by atoms with E-state index in [1.807, 2.05) is 29.9 Å². The van der Waals surface area contributed by atoms with Gasteiger partial charge >= 0.3 is 0 Å². The predicted octanol–water partition coefficient (Wildman–Crippen LogP) is 2.21. The molecule has 0 aliphatic carbocycles. The molecule has 122 valence electrons. The van der Waals surface area contributed by atoms with Crippen LogP contribution in [0.5, 0.6) is 0 Å². The second kappa shape index (κ2) is 7.78. The Labute approximate surface area is 139 Å². The molecule has 0 aliphatic heterocycles. The number of alkyl halides is 1. The minimum atomic E-state index is -0.378.